The Morgan fingerprint density at radius 1 is 1.26 bits per heavy atom. The van der Waals surface area contributed by atoms with Gasteiger partial charge in [0.15, 0.2) is 5.76 Å². The molecule has 1 unspecified atom stereocenters. The van der Waals surface area contributed by atoms with E-state index in [-0.39, 0.29) is 22.7 Å². The summed E-state index contributed by atoms with van der Waals surface area (Å²) in [5.74, 6) is -0.839. The van der Waals surface area contributed by atoms with Gasteiger partial charge >= 0.3 is 0 Å². The molecular formula is C18H15FN4O3S. The van der Waals surface area contributed by atoms with Gasteiger partial charge in [0.2, 0.25) is 5.01 Å². The van der Waals surface area contributed by atoms with Crippen LogP contribution in [0.3, 0.4) is 0 Å². The molecule has 0 aliphatic carbocycles. The Bertz CT molecular complexity index is 973. The number of carbonyl (C=O) groups excluding carboxylic acids is 2. The molecule has 9 heteroatoms. The summed E-state index contributed by atoms with van der Waals surface area (Å²) in [7, 11) is 0. The van der Waals surface area contributed by atoms with Crippen LogP contribution in [0.4, 0.5) is 10.1 Å². The van der Waals surface area contributed by atoms with Crippen LogP contribution in [0, 0.1) is 5.82 Å². The van der Waals surface area contributed by atoms with Crippen LogP contribution in [0.1, 0.15) is 44.2 Å². The molecule has 1 aliphatic rings. The molecule has 4 rings (SSSR count). The van der Waals surface area contributed by atoms with Gasteiger partial charge in [-0.15, -0.1) is 10.2 Å². The highest BCUT2D eigenvalue weighted by molar-refractivity contribution is 7.13. The number of carbonyl (C=O) groups is 2. The maximum absolute atomic E-state index is 13.2. The molecule has 3 aromatic rings. The number of halogens is 1. The molecule has 1 saturated heterocycles. The van der Waals surface area contributed by atoms with Gasteiger partial charge in [-0.2, -0.15) is 0 Å². The molecule has 0 spiro atoms. The quantitative estimate of drug-likeness (QED) is 0.741. The minimum absolute atomic E-state index is 0.159. The minimum Gasteiger partial charge on any atom is -0.459 e. The van der Waals surface area contributed by atoms with E-state index in [4.69, 9.17) is 4.42 Å². The number of furan rings is 1. The highest BCUT2D eigenvalue weighted by Crippen LogP contribution is 2.34. The number of hydrogen-bond acceptors (Lipinski definition) is 6. The topological polar surface area (TPSA) is 88.3 Å². The van der Waals surface area contributed by atoms with Crippen LogP contribution in [0.15, 0.2) is 47.1 Å². The molecule has 1 N–H and O–H groups in total. The fourth-order valence-corrected chi connectivity index (χ4v) is 3.91. The third kappa shape index (κ3) is 3.59. The molecule has 138 valence electrons. The smallest absolute Gasteiger partial charge is 0.290 e. The summed E-state index contributed by atoms with van der Waals surface area (Å²) in [5.41, 5.74) is 0.340. The van der Waals surface area contributed by atoms with E-state index in [1.807, 2.05) is 0 Å². The lowest BCUT2D eigenvalue weighted by Gasteiger charge is -2.21. The van der Waals surface area contributed by atoms with E-state index in [2.05, 4.69) is 15.5 Å². The lowest BCUT2D eigenvalue weighted by atomic mass is 10.2. The SMILES string of the molecule is O=C(Nc1cccc(F)c1)c1nnc(C2CCCN2C(=O)c2ccco2)s1. The summed E-state index contributed by atoms with van der Waals surface area (Å²) < 4.78 is 18.4. The first kappa shape index (κ1) is 17.3. The van der Waals surface area contributed by atoms with E-state index in [1.54, 1.807) is 23.1 Å². The minimum atomic E-state index is -0.466. The number of benzene rings is 1. The van der Waals surface area contributed by atoms with Crippen molar-refractivity contribution in [2.75, 3.05) is 11.9 Å². The van der Waals surface area contributed by atoms with Gasteiger partial charge in [-0.25, -0.2) is 4.39 Å². The van der Waals surface area contributed by atoms with Crippen molar-refractivity contribution in [1.29, 1.82) is 0 Å². The molecule has 2 amide bonds. The molecule has 27 heavy (non-hydrogen) atoms. The normalized spacial score (nSPS) is 16.5. The second-order valence-corrected chi connectivity index (χ2v) is 7.05. The second-order valence-electron chi connectivity index (χ2n) is 6.04. The van der Waals surface area contributed by atoms with Crippen LogP contribution in [-0.2, 0) is 0 Å². The third-order valence-corrected chi connectivity index (χ3v) is 5.27. The Hall–Kier alpha value is -3.07. The Morgan fingerprint density at radius 3 is 2.93 bits per heavy atom. The zero-order chi connectivity index (χ0) is 18.8. The first-order chi connectivity index (χ1) is 13.1. The number of aromatic nitrogens is 2. The van der Waals surface area contributed by atoms with Crippen molar-refractivity contribution >= 4 is 28.8 Å². The first-order valence-electron chi connectivity index (χ1n) is 8.36. The van der Waals surface area contributed by atoms with Gasteiger partial charge in [0.05, 0.1) is 12.3 Å². The Labute approximate surface area is 157 Å². The average molecular weight is 386 g/mol. The number of hydrogen-bond donors (Lipinski definition) is 1. The largest absolute Gasteiger partial charge is 0.459 e. The van der Waals surface area contributed by atoms with E-state index >= 15 is 0 Å². The summed E-state index contributed by atoms with van der Waals surface area (Å²) in [6, 6.07) is 8.66. The monoisotopic (exact) mass is 386 g/mol. The van der Waals surface area contributed by atoms with Crippen molar-refractivity contribution in [2.24, 2.45) is 0 Å². The second kappa shape index (κ2) is 7.28. The van der Waals surface area contributed by atoms with Gasteiger partial charge in [0.25, 0.3) is 11.8 Å². The van der Waals surface area contributed by atoms with Gasteiger partial charge in [-0.3, -0.25) is 9.59 Å². The number of rotatable bonds is 4. The standard InChI is InChI=1S/C18H15FN4O3S/c19-11-4-1-5-12(10-11)20-15(24)17-22-21-16(27-17)13-6-2-8-23(13)18(25)14-7-3-9-26-14/h1,3-5,7,9-10,13H,2,6,8H2,(H,20,24). The lowest BCUT2D eigenvalue weighted by molar-refractivity contribution is 0.0702. The summed E-state index contributed by atoms with van der Waals surface area (Å²) in [6.45, 7) is 0.592. The molecule has 0 bridgehead atoms. The van der Waals surface area contributed by atoms with E-state index < -0.39 is 11.7 Å². The molecule has 1 atom stereocenters. The fraction of sp³-hybridized carbons (Fsp3) is 0.222. The van der Waals surface area contributed by atoms with Crippen LogP contribution in [0.25, 0.3) is 0 Å². The van der Waals surface area contributed by atoms with Crippen LogP contribution < -0.4 is 5.32 Å². The predicted octanol–water partition coefficient (Wildman–Crippen LogP) is 3.50. The van der Waals surface area contributed by atoms with Gasteiger partial charge in [0.1, 0.15) is 10.8 Å². The van der Waals surface area contributed by atoms with Crippen LogP contribution >= 0.6 is 11.3 Å². The van der Waals surface area contributed by atoms with Crippen LogP contribution in [0.2, 0.25) is 0 Å². The average Bonchev–Trinajstić information content (AvgIpc) is 3.41. The Kier molecular flexibility index (Phi) is 4.68. The maximum atomic E-state index is 13.2. The van der Waals surface area contributed by atoms with E-state index in [1.165, 1.54) is 24.5 Å². The number of likely N-dealkylation sites (tertiary alicyclic amines) is 1. The highest BCUT2D eigenvalue weighted by Gasteiger charge is 2.34. The predicted molar refractivity (Wildman–Crippen MR) is 96.0 cm³/mol. The number of nitrogens with one attached hydrogen (secondary N) is 1. The fourth-order valence-electron chi connectivity index (χ4n) is 3.02. The summed E-state index contributed by atoms with van der Waals surface area (Å²) >= 11 is 1.13. The summed E-state index contributed by atoms with van der Waals surface area (Å²) in [5, 5.41) is 11.4. The van der Waals surface area contributed by atoms with Crippen molar-refractivity contribution in [2.45, 2.75) is 18.9 Å². The van der Waals surface area contributed by atoms with Gasteiger partial charge < -0.3 is 14.6 Å². The van der Waals surface area contributed by atoms with E-state index in [0.717, 1.165) is 24.2 Å². The molecule has 3 heterocycles. The third-order valence-electron chi connectivity index (χ3n) is 4.25. The Morgan fingerprint density at radius 2 is 2.15 bits per heavy atom. The van der Waals surface area contributed by atoms with Crippen molar-refractivity contribution in [3.8, 4) is 0 Å². The number of amides is 2. The lowest BCUT2D eigenvalue weighted by Crippen LogP contribution is -2.30. The van der Waals surface area contributed by atoms with Crippen molar-refractivity contribution < 1.29 is 18.4 Å². The molecular weight excluding hydrogens is 371 g/mol. The summed E-state index contributed by atoms with van der Waals surface area (Å²) in [6.07, 6.45) is 3.03. The number of nitrogens with zero attached hydrogens (tertiary/aromatic N) is 3. The molecule has 7 nitrogen and oxygen atoms in total. The van der Waals surface area contributed by atoms with Crippen molar-refractivity contribution in [3.63, 3.8) is 0 Å². The van der Waals surface area contributed by atoms with Crippen LogP contribution in [-0.4, -0.2) is 33.5 Å². The molecule has 1 fully saturated rings. The Balaban J connectivity index is 1.49. The maximum Gasteiger partial charge on any atom is 0.290 e. The zero-order valence-electron chi connectivity index (χ0n) is 14.1. The summed E-state index contributed by atoms with van der Waals surface area (Å²) in [4.78, 5) is 26.6. The van der Waals surface area contributed by atoms with Crippen molar-refractivity contribution in [3.05, 3.63) is 64.3 Å². The van der Waals surface area contributed by atoms with Crippen LogP contribution in [0.5, 0.6) is 0 Å². The van der Waals surface area contributed by atoms with Crippen molar-refractivity contribution in [1.82, 2.24) is 15.1 Å². The van der Waals surface area contributed by atoms with E-state index in [9.17, 15) is 14.0 Å². The van der Waals surface area contributed by atoms with E-state index in [0.29, 0.717) is 17.2 Å². The zero-order valence-corrected chi connectivity index (χ0v) is 14.9. The van der Waals surface area contributed by atoms with Gasteiger partial charge in [-0.1, -0.05) is 17.4 Å². The molecule has 0 radical (unpaired) electrons. The molecule has 1 aromatic carbocycles. The molecule has 2 aromatic heterocycles. The van der Waals surface area contributed by atoms with Gasteiger partial charge in [-0.05, 0) is 43.2 Å². The number of anilines is 1. The highest BCUT2D eigenvalue weighted by atomic mass is 32.1. The van der Waals surface area contributed by atoms with Gasteiger partial charge in [0, 0.05) is 12.2 Å². The molecule has 1 aliphatic heterocycles. The molecule has 0 saturated carbocycles. The first-order valence-corrected chi connectivity index (χ1v) is 9.18.